The zero-order valence-electron chi connectivity index (χ0n) is 13.8. The average molecular weight is 312 g/mol. The molecule has 24 heavy (non-hydrogen) atoms. The molecule has 0 spiro atoms. The van der Waals surface area contributed by atoms with Crippen LogP contribution in [0.3, 0.4) is 0 Å². The zero-order chi connectivity index (χ0) is 16.6. The molecule has 0 aliphatic carbocycles. The summed E-state index contributed by atoms with van der Waals surface area (Å²) in [6, 6.07) is 14.3. The number of aromatic nitrogens is 2. The molecule has 3 nitrogen and oxygen atoms in total. The summed E-state index contributed by atoms with van der Waals surface area (Å²) in [7, 11) is 0. The Morgan fingerprint density at radius 2 is 1.67 bits per heavy atom. The van der Waals surface area contributed by atoms with Crippen molar-refractivity contribution >= 4 is 38.2 Å². The molecule has 5 aromatic rings. The first-order valence-electron chi connectivity index (χ1n) is 8.13. The number of hydrogen-bond acceptors (Lipinski definition) is 2. The third-order valence-corrected chi connectivity index (χ3v) is 5.03. The van der Waals surface area contributed by atoms with Gasteiger partial charge < -0.3 is 0 Å². The van der Waals surface area contributed by atoms with E-state index < -0.39 is 0 Å². The first kappa shape index (κ1) is 13.5. The van der Waals surface area contributed by atoms with Crippen LogP contribution in [0.4, 0.5) is 0 Å². The average Bonchev–Trinajstić information content (AvgIpc) is 2.94. The van der Waals surface area contributed by atoms with Crippen molar-refractivity contribution in [2.45, 2.75) is 20.8 Å². The van der Waals surface area contributed by atoms with Gasteiger partial charge in [0.1, 0.15) is 5.65 Å². The van der Waals surface area contributed by atoms with Crippen molar-refractivity contribution < 1.29 is 0 Å². The first-order valence-corrected chi connectivity index (χ1v) is 8.13. The van der Waals surface area contributed by atoms with E-state index in [2.05, 4.69) is 51.1 Å². The molecule has 2 heterocycles. The minimum atomic E-state index is 0.0150. The Morgan fingerprint density at radius 3 is 2.50 bits per heavy atom. The molecular formula is C21H16N2O. The molecule has 0 amide bonds. The summed E-state index contributed by atoms with van der Waals surface area (Å²) >= 11 is 0. The summed E-state index contributed by atoms with van der Waals surface area (Å²) in [6.07, 6.45) is 0. The highest BCUT2D eigenvalue weighted by Gasteiger charge is 2.17. The number of rotatable bonds is 0. The summed E-state index contributed by atoms with van der Waals surface area (Å²) < 4.78 is 1.78. The van der Waals surface area contributed by atoms with Crippen LogP contribution in [0.2, 0.25) is 0 Å². The maximum atomic E-state index is 13.2. The Hall–Kier alpha value is -2.94. The van der Waals surface area contributed by atoms with Crippen molar-refractivity contribution in [3.05, 3.63) is 69.5 Å². The normalized spacial score (nSPS) is 12.1. The lowest BCUT2D eigenvalue weighted by atomic mass is 9.99. The highest BCUT2D eigenvalue weighted by molar-refractivity contribution is 6.16. The molecule has 5 rings (SSSR count). The van der Waals surface area contributed by atoms with Crippen LogP contribution >= 0.6 is 0 Å². The Balaban J connectivity index is 2.22. The fourth-order valence-electron chi connectivity index (χ4n) is 3.95. The molecule has 0 fully saturated rings. The van der Waals surface area contributed by atoms with Gasteiger partial charge in [-0.05, 0) is 55.0 Å². The number of benzene rings is 3. The second-order valence-corrected chi connectivity index (χ2v) is 6.68. The SMILES string of the molecule is Cc1cc(C)c2nc3c4ccc(C)c5cccc(c(=O)n3c2c1)c54. The largest absolute Gasteiger partial charge is 0.268 e. The van der Waals surface area contributed by atoms with Crippen LogP contribution in [0.25, 0.3) is 38.2 Å². The first-order chi connectivity index (χ1) is 11.6. The van der Waals surface area contributed by atoms with Crippen molar-refractivity contribution in [1.29, 1.82) is 0 Å². The lowest BCUT2D eigenvalue weighted by molar-refractivity contribution is 1.19. The van der Waals surface area contributed by atoms with E-state index in [0.29, 0.717) is 0 Å². The molecule has 0 atom stereocenters. The number of imidazole rings is 1. The fourth-order valence-corrected chi connectivity index (χ4v) is 3.95. The molecule has 2 aromatic heterocycles. The van der Waals surface area contributed by atoms with E-state index in [-0.39, 0.29) is 5.56 Å². The van der Waals surface area contributed by atoms with Crippen LogP contribution in [0.5, 0.6) is 0 Å². The van der Waals surface area contributed by atoms with E-state index >= 15 is 0 Å². The quantitative estimate of drug-likeness (QED) is 0.421. The van der Waals surface area contributed by atoms with Gasteiger partial charge in [0, 0.05) is 16.2 Å². The summed E-state index contributed by atoms with van der Waals surface area (Å²) in [5.74, 6) is 0. The molecule has 0 saturated heterocycles. The Bertz CT molecular complexity index is 1350. The fraction of sp³-hybridized carbons (Fsp3) is 0.143. The van der Waals surface area contributed by atoms with Crippen LogP contribution < -0.4 is 5.56 Å². The topological polar surface area (TPSA) is 34.4 Å². The third kappa shape index (κ3) is 1.51. The smallest absolute Gasteiger partial charge is 0.264 e. The molecule has 0 saturated carbocycles. The summed E-state index contributed by atoms with van der Waals surface area (Å²) in [5, 5.41) is 3.96. The monoisotopic (exact) mass is 312 g/mol. The van der Waals surface area contributed by atoms with Crippen LogP contribution in [0.1, 0.15) is 16.7 Å². The number of nitrogens with zero attached hydrogens (tertiary/aromatic N) is 2. The van der Waals surface area contributed by atoms with Gasteiger partial charge >= 0.3 is 0 Å². The van der Waals surface area contributed by atoms with Crippen molar-refractivity contribution in [2.75, 3.05) is 0 Å². The molecule has 0 N–H and O–H groups in total. The molecule has 3 aromatic carbocycles. The highest BCUT2D eigenvalue weighted by atomic mass is 16.1. The van der Waals surface area contributed by atoms with E-state index in [1.165, 1.54) is 5.56 Å². The van der Waals surface area contributed by atoms with Crippen LogP contribution in [-0.4, -0.2) is 9.38 Å². The molecule has 0 radical (unpaired) electrons. The maximum absolute atomic E-state index is 13.2. The molecule has 116 valence electrons. The van der Waals surface area contributed by atoms with Gasteiger partial charge in [-0.25, -0.2) is 4.98 Å². The minimum absolute atomic E-state index is 0.0150. The Kier molecular flexibility index (Phi) is 2.43. The van der Waals surface area contributed by atoms with Crippen LogP contribution in [0.15, 0.2) is 47.3 Å². The van der Waals surface area contributed by atoms with Crippen molar-refractivity contribution in [1.82, 2.24) is 9.38 Å². The van der Waals surface area contributed by atoms with Crippen molar-refractivity contribution in [2.24, 2.45) is 0 Å². The van der Waals surface area contributed by atoms with Gasteiger partial charge in [0.25, 0.3) is 5.56 Å². The minimum Gasteiger partial charge on any atom is -0.268 e. The zero-order valence-corrected chi connectivity index (χ0v) is 13.8. The van der Waals surface area contributed by atoms with E-state index in [0.717, 1.165) is 49.4 Å². The van der Waals surface area contributed by atoms with Crippen molar-refractivity contribution in [3.8, 4) is 0 Å². The summed E-state index contributed by atoms with van der Waals surface area (Å²) in [6.45, 7) is 6.19. The second kappa shape index (κ2) is 4.32. The molecule has 0 aliphatic heterocycles. The van der Waals surface area contributed by atoms with E-state index in [9.17, 15) is 4.79 Å². The van der Waals surface area contributed by atoms with Gasteiger partial charge in [0.05, 0.1) is 11.0 Å². The Labute approximate surface area is 138 Å². The standard InChI is InChI=1S/C21H16N2O/c1-11-9-13(3)19-17(10-11)23-20(22-19)15-8-7-12(2)14-5-4-6-16(18(14)15)21(23)24/h4-10H,1-3H3. The summed E-state index contributed by atoms with van der Waals surface area (Å²) in [5.41, 5.74) is 6.00. The number of hydrogen-bond donors (Lipinski definition) is 0. The number of pyridine rings is 1. The highest BCUT2D eigenvalue weighted by Crippen LogP contribution is 2.32. The number of fused-ring (bicyclic) bond motifs is 4. The maximum Gasteiger partial charge on any atom is 0.264 e. The van der Waals surface area contributed by atoms with Gasteiger partial charge in [0.15, 0.2) is 0 Å². The molecule has 0 aliphatic rings. The summed E-state index contributed by atoms with van der Waals surface area (Å²) in [4.78, 5) is 18.1. The molecule has 0 bridgehead atoms. The van der Waals surface area contributed by atoms with Gasteiger partial charge in [-0.2, -0.15) is 0 Å². The number of aryl methyl sites for hydroxylation is 3. The van der Waals surface area contributed by atoms with E-state index in [4.69, 9.17) is 4.98 Å². The van der Waals surface area contributed by atoms with E-state index in [1.54, 1.807) is 4.40 Å². The molecule has 0 unspecified atom stereocenters. The van der Waals surface area contributed by atoms with E-state index in [1.807, 2.05) is 12.1 Å². The van der Waals surface area contributed by atoms with Gasteiger partial charge in [0.2, 0.25) is 0 Å². The van der Waals surface area contributed by atoms with Crippen LogP contribution in [-0.2, 0) is 0 Å². The van der Waals surface area contributed by atoms with Gasteiger partial charge in [-0.1, -0.05) is 30.3 Å². The molecule has 3 heteroatoms. The predicted molar refractivity (Wildman–Crippen MR) is 99.4 cm³/mol. The van der Waals surface area contributed by atoms with Crippen LogP contribution in [0, 0.1) is 20.8 Å². The lowest BCUT2D eigenvalue weighted by Crippen LogP contribution is -2.13. The third-order valence-electron chi connectivity index (χ3n) is 5.03. The van der Waals surface area contributed by atoms with Gasteiger partial charge in [-0.3, -0.25) is 9.20 Å². The Morgan fingerprint density at radius 1 is 0.875 bits per heavy atom. The second-order valence-electron chi connectivity index (χ2n) is 6.68. The van der Waals surface area contributed by atoms with Crippen molar-refractivity contribution in [3.63, 3.8) is 0 Å². The predicted octanol–water partition coefficient (Wildman–Crippen LogP) is 4.52. The lowest BCUT2D eigenvalue weighted by Gasteiger charge is -2.09. The molecular weight excluding hydrogens is 296 g/mol. The van der Waals surface area contributed by atoms with Gasteiger partial charge in [-0.15, -0.1) is 0 Å².